The van der Waals surface area contributed by atoms with Gasteiger partial charge >= 0.3 is 5.97 Å². The summed E-state index contributed by atoms with van der Waals surface area (Å²) in [6.45, 7) is 2.02. The third kappa shape index (κ3) is 6.99. The van der Waals surface area contributed by atoms with E-state index in [2.05, 4.69) is 5.32 Å². The van der Waals surface area contributed by atoms with Crippen LogP contribution in [0.15, 0.2) is 60.2 Å². The average Bonchev–Trinajstić information content (AvgIpc) is 2.90. The molecule has 10 nitrogen and oxygen atoms in total. The van der Waals surface area contributed by atoms with Crippen molar-refractivity contribution in [2.24, 2.45) is 0 Å². The fraction of sp³-hybridized carbons (Fsp3) is 0.115. The van der Waals surface area contributed by atoms with Crippen LogP contribution >= 0.6 is 34.2 Å². The van der Waals surface area contributed by atoms with Crippen LogP contribution in [0.3, 0.4) is 0 Å². The van der Waals surface area contributed by atoms with Crippen molar-refractivity contribution in [2.75, 3.05) is 19.0 Å². The number of halogens is 2. The van der Waals surface area contributed by atoms with Crippen LogP contribution < -0.4 is 19.5 Å². The van der Waals surface area contributed by atoms with Gasteiger partial charge in [0.1, 0.15) is 22.4 Å². The normalized spacial score (nSPS) is 10.8. The number of carbonyl (C=O) groups excluding carboxylic acids is 2. The summed E-state index contributed by atoms with van der Waals surface area (Å²) < 4.78 is 16.8. The number of carbonyl (C=O) groups is 2. The molecule has 0 spiro atoms. The molecule has 0 saturated heterocycles. The number of nitrogens with one attached hydrogen (secondary N) is 1. The van der Waals surface area contributed by atoms with Crippen LogP contribution in [0, 0.1) is 25.0 Å². The maximum Gasteiger partial charge on any atom is 0.343 e. The van der Waals surface area contributed by atoms with Crippen LogP contribution in [0.1, 0.15) is 22.8 Å². The molecule has 3 aromatic rings. The summed E-state index contributed by atoms with van der Waals surface area (Å²) >= 11 is 7.76. The molecule has 0 aromatic heterocycles. The molecule has 38 heavy (non-hydrogen) atoms. The summed E-state index contributed by atoms with van der Waals surface area (Å²) in [5.74, 6) is -0.384. The smallest absolute Gasteiger partial charge is 0.343 e. The van der Waals surface area contributed by atoms with Gasteiger partial charge in [-0.15, -0.1) is 0 Å². The third-order valence-electron chi connectivity index (χ3n) is 4.93. The van der Waals surface area contributed by atoms with E-state index in [4.69, 9.17) is 25.8 Å². The van der Waals surface area contributed by atoms with Crippen molar-refractivity contribution in [1.29, 1.82) is 5.26 Å². The second-order valence-electron chi connectivity index (χ2n) is 7.43. The van der Waals surface area contributed by atoms with E-state index < -0.39 is 16.8 Å². The lowest BCUT2D eigenvalue weighted by atomic mass is 10.1. The SMILES string of the molecule is CCOc1cc(/C=C(\C#N)C(=O)Nc2ccc(Cl)c([N+](=O)[O-])c2)cc(I)c1OC(=O)c1ccc(OC)cc1. The van der Waals surface area contributed by atoms with Crippen LogP contribution in [-0.2, 0) is 4.79 Å². The van der Waals surface area contributed by atoms with Gasteiger partial charge in [0.25, 0.3) is 11.6 Å². The van der Waals surface area contributed by atoms with Crippen LogP contribution in [0.2, 0.25) is 5.02 Å². The highest BCUT2D eigenvalue weighted by Crippen LogP contribution is 2.36. The first-order valence-corrected chi connectivity index (χ1v) is 12.3. The lowest BCUT2D eigenvalue weighted by Gasteiger charge is -2.14. The van der Waals surface area contributed by atoms with E-state index >= 15 is 0 Å². The van der Waals surface area contributed by atoms with Crippen LogP contribution in [-0.4, -0.2) is 30.5 Å². The lowest BCUT2D eigenvalue weighted by molar-refractivity contribution is -0.384. The van der Waals surface area contributed by atoms with Gasteiger partial charge in [0.15, 0.2) is 11.5 Å². The summed E-state index contributed by atoms with van der Waals surface area (Å²) in [6.07, 6.45) is 1.32. The van der Waals surface area contributed by atoms with E-state index in [0.29, 0.717) is 20.4 Å². The van der Waals surface area contributed by atoms with E-state index in [1.807, 2.05) is 28.7 Å². The number of hydrogen-bond donors (Lipinski definition) is 1. The maximum atomic E-state index is 12.7. The Morgan fingerprint density at radius 3 is 2.50 bits per heavy atom. The Bertz CT molecular complexity index is 1470. The number of nitrogens with zero attached hydrogens (tertiary/aromatic N) is 2. The molecular weight excluding hydrogens is 629 g/mol. The molecule has 194 valence electrons. The van der Waals surface area contributed by atoms with Gasteiger partial charge in [-0.05, 0) is 89.7 Å². The predicted molar refractivity (Wildman–Crippen MR) is 149 cm³/mol. The largest absolute Gasteiger partial charge is 0.497 e. The summed E-state index contributed by atoms with van der Waals surface area (Å²) in [6, 6.07) is 15.1. The number of esters is 1. The molecule has 1 amide bonds. The molecule has 0 atom stereocenters. The zero-order valence-corrected chi connectivity index (χ0v) is 22.9. The Labute approximate surface area is 236 Å². The number of methoxy groups -OCH3 is 1. The van der Waals surface area contributed by atoms with Gasteiger partial charge in [-0.25, -0.2) is 4.79 Å². The zero-order valence-electron chi connectivity index (χ0n) is 20.0. The molecule has 3 rings (SSSR count). The minimum absolute atomic E-state index is 0.0881. The summed E-state index contributed by atoms with van der Waals surface area (Å²) in [4.78, 5) is 35.8. The quantitative estimate of drug-likeness (QED) is 0.0565. The lowest BCUT2D eigenvalue weighted by Crippen LogP contribution is -2.13. The number of nitro groups is 1. The predicted octanol–water partition coefficient (Wildman–Crippen LogP) is 6.02. The van der Waals surface area contributed by atoms with E-state index in [1.165, 1.54) is 31.4 Å². The average molecular weight is 648 g/mol. The molecule has 0 aliphatic rings. The standard InChI is InChI=1S/C26H19ClIN3O7/c1-3-37-23-12-15(11-21(28)24(23)38-26(33)16-4-7-19(36-2)8-5-16)10-17(14-29)25(32)30-18-6-9-20(27)22(13-18)31(34)35/h4-13H,3H2,1-2H3,(H,30,32)/b17-10+. The first-order chi connectivity index (χ1) is 18.2. The number of benzene rings is 3. The molecule has 1 N–H and O–H groups in total. The molecule has 0 saturated carbocycles. The monoisotopic (exact) mass is 647 g/mol. The Morgan fingerprint density at radius 1 is 1.18 bits per heavy atom. The van der Waals surface area contributed by atoms with Gasteiger partial charge in [-0.2, -0.15) is 5.26 Å². The molecule has 0 aliphatic carbocycles. The van der Waals surface area contributed by atoms with Gasteiger partial charge in [-0.3, -0.25) is 14.9 Å². The van der Waals surface area contributed by atoms with Gasteiger partial charge in [-0.1, -0.05) is 11.6 Å². The van der Waals surface area contributed by atoms with E-state index in [9.17, 15) is 25.0 Å². The summed E-state index contributed by atoms with van der Waals surface area (Å²) in [5.41, 5.74) is 0.166. The maximum absolute atomic E-state index is 12.7. The second-order valence-corrected chi connectivity index (χ2v) is 9.00. The van der Waals surface area contributed by atoms with Crippen molar-refractivity contribution in [1.82, 2.24) is 0 Å². The molecule has 0 bridgehead atoms. The number of hydrogen-bond acceptors (Lipinski definition) is 8. The molecule has 0 fully saturated rings. The summed E-state index contributed by atoms with van der Waals surface area (Å²) in [5, 5.41) is 23.0. The topological polar surface area (TPSA) is 141 Å². The number of anilines is 1. The first-order valence-electron chi connectivity index (χ1n) is 10.9. The molecule has 0 radical (unpaired) electrons. The van der Waals surface area contributed by atoms with Crippen molar-refractivity contribution in [3.05, 3.63) is 90.0 Å². The van der Waals surface area contributed by atoms with Crippen molar-refractivity contribution in [3.8, 4) is 23.3 Å². The number of rotatable bonds is 9. The molecule has 0 aliphatic heterocycles. The van der Waals surface area contributed by atoms with Crippen LogP contribution in [0.25, 0.3) is 6.08 Å². The second kappa shape index (κ2) is 12.9. The number of nitriles is 1. The highest BCUT2D eigenvalue weighted by atomic mass is 127. The van der Waals surface area contributed by atoms with Crippen molar-refractivity contribution in [2.45, 2.75) is 6.92 Å². The number of nitro benzene ring substituents is 1. The number of amides is 1. The highest BCUT2D eigenvalue weighted by Gasteiger charge is 2.19. The van der Waals surface area contributed by atoms with Gasteiger partial charge in [0.2, 0.25) is 0 Å². The molecule has 0 unspecified atom stereocenters. The van der Waals surface area contributed by atoms with Gasteiger partial charge in [0.05, 0.1) is 27.8 Å². The first kappa shape index (κ1) is 28.4. The van der Waals surface area contributed by atoms with Crippen LogP contribution in [0.5, 0.6) is 17.2 Å². The van der Waals surface area contributed by atoms with Crippen molar-refractivity contribution < 1.29 is 28.7 Å². The zero-order chi connectivity index (χ0) is 27.8. The Hall–Kier alpha value is -4.15. The molecule has 0 heterocycles. The Kier molecular flexibility index (Phi) is 9.64. The third-order valence-corrected chi connectivity index (χ3v) is 6.05. The fourth-order valence-corrected chi connectivity index (χ4v) is 4.08. The summed E-state index contributed by atoms with van der Waals surface area (Å²) in [7, 11) is 1.52. The minimum Gasteiger partial charge on any atom is -0.497 e. The Balaban J connectivity index is 1.88. The van der Waals surface area contributed by atoms with E-state index in [1.54, 1.807) is 37.3 Å². The van der Waals surface area contributed by atoms with Crippen LogP contribution in [0.4, 0.5) is 11.4 Å². The minimum atomic E-state index is -0.785. The molecular formula is C26H19ClIN3O7. The fourth-order valence-electron chi connectivity index (χ4n) is 3.16. The Morgan fingerprint density at radius 2 is 1.89 bits per heavy atom. The van der Waals surface area contributed by atoms with Gasteiger partial charge in [0, 0.05) is 11.8 Å². The van der Waals surface area contributed by atoms with Crippen molar-refractivity contribution >= 4 is 63.5 Å². The van der Waals surface area contributed by atoms with Gasteiger partial charge < -0.3 is 19.5 Å². The van der Waals surface area contributed by atoms with E-state index in [-0.39, 0.29) is 40.1 Å². The molecule has 3 aromatic carbocycles. The molecule has 12 heteroatoms. The highest BCUT2D eigenvalue weighted by molar-refractivity contribution is 14.1. The number of ether oxygens (including phenoxy) is 3. The van der Waals surface area contributed by atoms with Crippen molar-refractivity contribution in [3.63, 3.8) is 0 Å². The van der Waals surface area contributed by atoms with E-state index in [0.717, 1.165) is 6.07 Å².